The van der Waals surface area contributed by atoms with Crippen LogP contribution < -0.4 is 10.1 Å². The number of carbonyl (C=O) groups is 1. The molecule has 0 radical (unpaired) electrons. The summed E-state index contributed by atoms with van der Waals surface area (Å²) in [5.74, 6) is 1.38. The average molecular weight is 299 g/mol. The smallest absolute Gasteiger partial charge is 0.410 e. The Hall–Kier alpha value is -1.51. The lowest BCUT2D eigenvalue weighted by molar-refractivity contribution is -0.114. The molecule has 3 nitrogen and oxygen atoms in total. The Morgan fingerprint density at radius 3 is 2.27 bits per heavy atom. The van der Waals surface area contributed by atoms with Gasteiger partial charge in [0.2, 0.25) is 0 Å². The lowest BCUT2D eigenvalue weighted by Crippen LogP contribution is -2.65. The molecule has 0 aliphatic heterocycles. The van der Waals surface area contributed by atoms with E-state index < -0.39 is 0 Å². The minimum Gasteiger partial charge on any atom is -0.410 e. The maximum atomic E-state index is 12.4. The summed E-state index contributed by atoms with van der Waals surface area (Å²) < 4.78 is 5.47. The summed E-state index contributed by atoms with van der Waals surface area (Å²) in [6.45, 7) is 4.82. The second-order valence-corrected chi connectivity index (χ2v) is 8.74. The van der Waals surface area contributed by atoms with E-state index in [-0.39, 0.29) is 11.6 Å². The fourth-order valence-corrected chi connectivity index (χ4v) is 6.42. The van der Waals surface area contributed by atoms with Crippen molar-refractivity contribution in [1.29, 1.82) is 0 Å². The van der Waals surface area contributed by atoms with Crippen LogP contribution in [0.2, 0.25) is 0 Å². The standard InChI is InChI=1S/C19H25NO2/c1-17-8-14-9-18(2,11-17)13-19(10-14,12-17)20-16(21)22-15-6-4-3-5-7-15/h3-7,14H,8-13H2,1-2H3,(H,20,21). The topological polar surface area (TPSA) is 38.3 Å². The molecule has 4 bridgehead atoms. The van der Waals surface area contributed by atoms with Crippen LogP contribution in [0, 0.1) is 16.7 Å². The number of nitrogens with one attached hydrogen (secondary N) is 1. The van der Waals surface area contributed by atoms with Gasteiger partial charge in [-0.25, -0.2) is 4.79 Å². The van der Waals surface area contributed by atoms with E-state index in [1.54, 1.807) is 0 Å². The minimum atomic E-state index is -0.291. The Morgan fingerprint density at radius 1 is 1.05 bits per heavy atom. The Kier molecular flexibility index (Phi) is 2.88. The molecule has 4 aliphatic carbocycles. The highest BCUT2D eigenvalue weighted by Gasteiger charge is 2.60. The van der Waals surface area contributed by atoms with Gasteiger partial charge in [-0.1, -0.05) is 32.0 Å². The molecule has 2 unspecified atom stereocenters. The van der Waals surface area contributed by atoms with Crippen LogP contribution in [0.5, 0.6) is 5.75 Å². The largest absolute Gasteiger partial charge is 0.413 e. The van der Waals surface area contributed by atoms with Crippen molar-refractivity contribution in [3.63, 3.8) is 0 Å². The third kappa shape index (κ3) is 2.41. The number of ether oxygens (including phenoxy) is 1. The summed E-state index contributed by atoms with van der Waals surface area (Å²) >= 11 is 0. The van der Waals surface area contributed by atoms with E-state index in [1.165, 1.54) is 19.3 Å². The van der Waals surface area contributed by atoms with Crippen LogP contribution in [0.4, 0.5) is 4.79 Å². The molecule has 3 heteroatoms. The Bertz CT molecular complexity index is 579. The molecule has 118 valence electrons. The number of carbonyl (C=O) groups excluding carboxylic acids is 1. The monoisotopic (exact) mass is 299 g/mol. The van der Waals surface area contributed by atoms with Gasteiger partial charge in [0.25, 0.3) is 0 Å². The first-order valence-corrected chi connectivity index (χ1v) is 8.43. The van der Waals surface area contributed by atoms with Gasteiger partial charge in [0.15, 0.2) is 0 Å². The molecule has 1 amide bonds. The molecular formula is C19H25NO2. The minimum absolute atomic E-state index is 0.0468. The second kappa shape index (κ2) is 4.50. The third-order valence-electron chi connectivity index (χ3n) is 5.95. The molecule has 4 saturated carbocycles. The molecule has 0 saturated heterocycles. The van der Waals surface area contributed by atoms with E-state index in [9.17, 15) is 4.79 Å². The first-order valence-electron chi connectivity index (χ1n) is 8.43. The molecule has 1 N–H and O–H groups in total. The van der Waals surface area contributed by atoms with Gasteiger partial charge in [-0.3, -0.25) is 0 Å². The van der Waals surface area contributed by atoms with Crippen LogP contribution in [0.1, 0.15) is 52.4 Å². The highest BCUT2D eigenvalue weighted by molar-refractivity contribution is 5.71. The second-order valence-electron chi connectivity index (χ2n) is 8.74. The number of para-hydroxylation sites is 1. The quantitative estimate of drug-likeness (QED) is 0.871. The SMILES string of the molecule is CC12CC3CC(C)(C1)CC(NC(=O)Oc1ccccc1)(C3)C2. The van der Waals surface area contributed by atoms with Crippen LogP contribution in [0.15, 0.2) is 30.3 Å². The van der Waals surface area contributed by atoms with Crippen molar-refractivity contribution >= 4 is 6.09 Å². The Labute approximate surface area is 132 Å². The summed E-state index contributed by atoms with van der Waals surface area (Å²) in [4.78, 5) is 12.4. The highest BCUT2D eigenvalue weighted by atomic mass is 16.6. The van der Waals surface area contributed by atoms with E-state index in [0.29, 0.717) is 16.6 Å². The summed E-state index contributed by atoms with van der Waals surface area (Å²) in [5, 5.41) is 3.26. The van der Waals surface area contributed by atoms with Crippen molar-refractivity contribution in [3.05, 3.63) is 30.3 Å². The van der Waals surface area contributed by atoms with Crippen molar-refractivity contribution in [1.82, 2.24) is 5.32 Å². The van der Waals surface area contributed by atoms with E-state index in [0.717, 1.165) is 25.2 Å². The zero-order valence-corrected chi connectivity index (χ0v) is 13.5. The zero-order chi connectivity index (χ0) is 15.4. The van der Waals surface area contributed by atoms with Gasteiger partial charge < -0.3 is 10.1 Å². The number of benzene rings is 1. The Morgan fingerprint density at radius 2 is 1.68 bits per heavy atom. The fourth-order valence-electron chi connectivity index (χ4n) is 6.42. The molecule has 0 heterocycles. The van der Waals surface area contributed by atoms with E-state index in [2.05, 4.69) is 19.2 Å². The lowest BCUT2D eigenvalue weighted by Gasteiger charge is -2.65. The predicted molar refractivity (Wildman–Crippen MR) is 85.7 cm³/mol. The summed E-state index contributed by atoms with van der Waals surface area (Å²) in [6.07, 6.45) is 7.03. The summed E-state index contributed by atoms with van der Waals surface area (Å²) in [6, 6.07) is 9.33. The van der Waals surface area contributed by atoms with Crippen LogP contribution in [0.25, 0.3) is 0 Å². The first kappa shape index (κ1) is 14.1. The third-order valence-corrected chi connectivity index (χ3v) is 5.95. The van der Waals surface area contributed by atoms with Crippen LogP contribution in [-0.2, 0) is 0 Å². The number of hydrogen-bond acceptors (Lipinski definition) is 2. The first-order chi connectivity index (χ1) is 10.4. The predicted octanol–water partition coefficient (Wildman–Crippen LogP) is 4.52. The normalized spacial score (nSPS) is 42.2. The molecule has 22 heavy (non-hydrogen) atoms. The van der Waals surface area contributed by atoms with Crippen molar-refractivity contribution in [2.75, 3.05) is 0 Å². The van der Waals surface area contributed by atoms with Gasteiger partial charge in [-0.15, -0.1) is 0 Å². The van der Waals surface area contributed by atoms with Crippen molar-refractivity contribution in [2.24, 2.45) is 16.7 Å². The average Bonchev–Trinajstić information content (AvgIpc) is 2.34. The Balaban J connectivity index is 1.51. The van der Waals surface area contributed by atoms with Gasteiger partial charge in [0, 0.05) is 5.54 Å². The van der Waals surface area contributed by atoms with Crippen molar-refractivity contribution in [3.8, 4) is 5.75 Å². The molecule has 1 aromatic rings. The molecule has 0 spiro atoms. The van der Waals surface area contributed by atoms with Crippen LogP contribution >= 0.6 is 0 Å². The molecule has 2 atom stereocenters. The number of hydrogen-bond donors (Lipinski definition) is 1. The van der Waals surface area contributed by atoms with Gasteiger partial charge >= 0.3 is 6.09 Å². The van der Waals surface area contributed by atoms with Crippen molar-refractivity contribution < 1.29 is 9.53 Å². The van der Waals surface area contributed by atoms with Gasteiger partial charge in [-0.2, -0.15) is 0 Å². The van der Waals surface area contributed by atoms with Gasteiger partial charge in [0.05, 0.1) is 0 Å². The van der Waals surface area contributed by atoms with E-state index >= 15 is 0 Å². The molecule has 5 rings (SSSR count). The molecule has 1 aromatic carbocycles. The maximum absolute atomic E-state index is 12.4. The summed E-state index contributed by atoms with van der Waals surface area (Å²) in [7, 11) is 0. The van der Waals surface area contributed by atoms with Crippen LogP contribution in [0.3, 0.4) is 0 Å². The van der Waals surface area contributed by atoms with Crippen molar-refractivity contribution in [2.45, 2.75) is 57.9 Å². The van der Waals surface area contributed by atoms with E-state index in [4.69, 9.17) is 4.74 Å². The molecule has 4 fully saturated rings. The molecule has 0 aromatic heterocycles. The maximum Gasteiger partial charge on any atom is 0.413 e. The fraction of sp³-hybridized carbons (Fsp3) is 0.632. The highest BCUT2D eigenvalue weighted by Crippen LogP contribution is 2.66. The van der Waals surface area contributed by atoms with E-state index in [1.807, 2.05) is 30.3 Å². The molecular weight excluding hydrogens is 274 g/mol. The number of rotatable bonds is 2. The summed E-state index contributed by atoms with van der Waals surface area (Å²) in [5.41, 5.74) is 0.747. The van der Waals surface area contributed by atoms with Crippen LogP contribution in [-0.4, -0.2) is 11.6 Å². The van der Waals surface area contributed by atoms with Gasteiger partial charge in [-0.05, 0) is 67.4 Å². The molecule has 4 aliphatic rings. The zero-order valence-electron chi connectivity index (χ0n) is 13.5. The number of amides is 1. The lowest BCUT2D eigenvalue weighted by atomic mass is 9.43. The van der Waals surface area contributed by atoms with Gasteiger partial charge in [0.1, 0.15) is 5.75 Å².